The Morgan fingerprint density at radius 2 is 1.91 bits per heavy atom. The number of imidazole rings is 1. The number of alkyl halides is 3. The predicted octanol–water partition coefficient (Wildman–Crippen LogP) is 3.15. The van der Waals surface area contributed by atoms with E-state index in [1.54, 1.807) is 7.05 Å². The lowest BCUT2D eigenvalue weighted by Crippen LogP contribution is -2.51. The fourth-order valence-corrected chi connectivity index (χ4v) is 4.41. The molecule has 3 atom stereocenters. The van der Waals surface area contributed by atoms with Crippen LogP contribution in [0.15, 0.2) is 23.8 Å². The van der Waals surface area contributed by atoms with E-state index in [0.717, 1.165) is 17.4 Å². The number of fused-ring (bicyclic) bond motifs is 1. The van der Waals surface area contributed by atoms with Gasteiger partial charge in [-0.05, 0) is 26.1 Å². The highest BCUT2D eigenvalue weighted by atomic mass is 32.1. The summed E-state index contributed by atoms with van der Waals surface area (Å²) in [4.78, 5) is 23.6. The number of benzene rings is 1. The number of carbonyl (C=O) groups excluding carboxylic acids is 1. The fourth-order valence-electron chi connectivity index (χ4n) is 3.69. The molecule has 15 heteroatoms. The summed E-state index contributed by atoms with van der Waals surface area (Å²) >= 11 is 0.836. The fraction of sp³-hybridized carbons (Fsp3) is 0.350. The number of thiazole rings is 1. The van der Waals surface area contributed by atoms with Gasteiger partial charge in [0.25, 0.3) is 0 Å². The van der Waals surface area contributed by atoms with Gasteiger partial charge in [-0.25, -0.2) is 23.6 Å². The number of nitrogens with zero attached hydrogens (tertiary/aromatic N) is 5. The van der Waals surface area contributed by atoms with Crippen LogP contribution in [0.1, 0.15) is 30.5 Å². The van der Waals surface area contributed by atoms with Gasteiger partial charge < -0.3 is 25.0 Å². The van der Waals surface area contributed by atoms with Gasteiger partial charge in [0.05, 0.1) is 12.0 Å². The zero-order chi connectivity index (χ0) is 25.8. The van der Waals surface area contributed by atoms with E-state index in [4.69, 9.17) is 0 Å². The van der Waals surface area contributed by atoms with Crippen molar-refractivity contribution in [3.8, 4) is 11.3 Å². The van der Waals surface area contributed by atoms with Gasteiger partial charge in [-0.15, -0.1) is 11.3 Å². The van der Waals surface area contributed by atoms with Gasteiger partial charge >= 0.3 is 6.18 Å². The quantitative estimate of drug-likeness (QED) is 0.456. The molecule has 1 aliphatic rings. The summed E-state index contributed by atoms with van der Waals surface area (Å²) in [5, 5.41) is 24.4. The van der Waals surface area contributed by atoms with Crippen LogP contribution in [0.25, 0.3) is 11.3 Å². The van der Waals surface area contributed by atoms with E-state index < -0.39 is 53.5 Å². The molecule has 1 aliphatic heterocycles. The number of rotatable bonds is 4. The molecule has 9 nitrogen and oxygen atoms in total. The second kappa shape index (κ2) is 8.82. The summed E-state index contributed by atoms with van der Waals surface area (Å²) in [6, 6.07) is 0.410. The molecule has 3 aromatic rings. The molecular weight excluding hydrogens is 499 g/mol. The van der Waals surface area contributed by atoms with E-state index >= 15 is 0 Å². The van der Waals surface area contributed by atoms with Crippen LogP contribution in [0.3, 0.4) is 0 Å². The highest BCUT2D eigenvalue weighted by Crippen LogP contribution is 2.38. The van der Waals surface area contributed by atoms with Crippen molar-refractivity contribution in [2.75, 3.05) is 24.3 Å². The SMILES string of the molecule is C[C@@H](C(=O)Nc1nc(-c2ccc(F)c(C(F)(F)F)c2F)cs1)n1cnc2c1[C@H](O)N(C)[C@@H](O)N2C. The molecule has 0 saturated heterocycles. The van der Waals surface area contributed by atoms with Crippen molar-refractivity contribution in [2.45, 2.75) is 31.7 Å². The van der Waals surface area contributed by atoms with Crippen LogP contribution in [0.5, 0.6) is 0 Å². The third-order valence-corrected chi connectivity index (χ3v) is 6.43. The van der Waals surface area contributed by atoms with Crippen LogP contribution in [-0.2, 0) is 11.0 Å². The summed E-state index contributed by atoms with van der Waals surface area (Å²) in [7, 11) is 3.04. The van der Waals surface area contributed by atoms with Crippen LogP contribution in [0, 0.1) is 11.6 Å². The molecule has 3 N–H and O–H groups in total. The summed E-state index contributed by atoms with van der Waals surface area (Å²) in [6.07, 6.45) is -6.31. The second-order valence-corrected chi connectivity index (χ2v) is 8.70. The standard InChI is InChI=1S/C20H19F5N6O3S/c1-8(31-7-26-15-14(31)17(33)30(3)19(34)29(15)2)16(32)28-18-27-11(6-35-18)9-4-5-10(21)12(13(9)22)20(23,24)25/h4-8,17,19,33-34H,1-3H3,(H,27,28,32)/t8-,17-,19-/m0/s1. The van der Waals surface area contributed by atoms with Gasteiger partial charge in [0, 0.05) is 18.0 Å². The molecule has 0 radical (unpaired) electrons. The third kappa shape index (κ3) is 4.24. The predicted molar refractivity (Wildman–Crippen MR) is 115 cm³/mol. The Labute approximate surface area is 199 Å². The minimum Gasteiger partial charge on any atom is -0.372 e. The summed E-state index contributed by atoms with van der Waals surface area (Å²) in [6.45, 7) is 1.51. The minimum atomic E-state index is -5.24. The van der Waals surface area contributed by atoms with E-state index in [2.05, 4.69) is 15.3 Å². The molecule has 35 heavy (non-hydrogen) atoms. The van der Waals surface area contributed by atoms with Crippen LogP contribution >= 0.6 is 11.3 Å². The number of carbonyl (C=O) groups is 1. The molecule has 0 saturated carbocycles. The van der Waals surface area contributed by atoms with Gasteiger partial charge in [-0.2, -0.15) is 13.2 Å². The number of halogens is 5. The zero-order valence-corrected chi connectivity index (χ0v) is 19.2. The minimum absolute atomic E-state index is 0.0340. The van der Waals surface area contributed by atoms with Crippen molar-refractivity contribution in [3.05, 3.63) is 46.7 Å². The van der Waals surface area contributed by atoms with Crippen LogP contribution in [0.4, 0.5) is 32.9 Å². The Morgan fingerprint density at radius 3 is 2.57 bits per heavy atom. The first kappa shape index (κ1) is 25.0. The van der Waals surface area contributed by atoms with Crippen LogP contribution < -0.4 is 10.2 Å². The number of nitrogens with one attached hydrogen (secondary N) is 1. The maximum Gasteiger partial charge on any atom is 0.422 e. The van der Waals surface area contributed by atoms with Crippen molar-refractivity contribution in [2.24, 2.45) is 0 Å². The van der Waals surface area contributed by atoms with Crippen molar-refractivity contribution >= 4 is 28.2 Å². The first-order chi connectivity index (χ1) is 16.3. The molecular formula is C20H19F5N6O3S. The monoisotopic (exact) mass is 518 g/mol. The van der Waals surface area contributed by atoms with E-state index in [1.807, 2.05) is 0 Å². The lowest BCUT2D eigenvalue weighted by molar-refractivity contribution is -0.142. The van der Waals surface area contributed by atoms with Gasteiger partial charge in [-0.3, -0.25) is 4.79 Å². The second-order valence-electron chi connectivity index (χ2n) is 7.84. The number of hydrogen-bond donors (Lipinski definition) is 3. The van der Waals surface area contributed by atoms with E-state index in [0.29, 0.717) is 6.07 Å². The number of hydrogen-bond acceptors (Lipinski definition) is 8. The molecule has 0 fully saturated rings. The molecule has 0 unspecified atom stereocenters. The molecule has 4 rings (SSSR count). The Morgan fingerprint density at radius 1 is 1.23 bits per heavy atom. The average molecular weight is 518 g/mol. The van der Waals surface area contributed by atoms with E-state index in [-0.39, 0.29) is 22.3 Å². The third-order valence-electron chi connectivity index (χ3n) is 5.67. The average Bonchev–Trinajstić information content (AvgIpc) is 3.42. The molecule has 1 amide bonds. The highest BCUT2D eigenvalue weighted by Gasteiger charge is 2.40. The highest BCUT2D eigenvalue weighted by molar-refractivity contribution is 7.14. The number of amides is 1. The summed E-state index contributed by atoms with van der Waals surface area (Å²) < 4.78 is 68.5. The smallest absolute Gasteiger partial charge is 0.372 e. The number of aromatic nitrogens is 3. The number of anilines is 2. The maximum atomic E-state index is 14.4. The summed E-state index contributed by atoms with van der Waals surface area (Å²) in [5.41, 5.74) is -2.55. The Kier molecular flexibility index (Phi) is 6.29. The Bertz CT molecular complexity index is 1280. The normalized spacial score (nSPS) is 19.5. The van der Waals surface area contributed by atoms with Crippen LogP contribution in [0.2, 0.25) is 0 Å². The Hall–Kier alpha value is -3.14. The first-order valence-electron chi connectivity index (χ1n) is 10.0. The van der Waals surface area contributed by atoms with E-state index in [1.165, 1.54) is 40.0 Å². The molecule has 188 valence electrons. The van der Waals surface area contributed by atoms with Crippen molar-refractivity contribution in [1.29, 1.82) is 0 Å². The molecule has 1 aromatic carbocycles. The number of aliphatic hydroxyl groups is 2. The number of aliphatic hydroxyl groups excluding tert-OH is 2. The molecule has 2 aromatic heterocycles. The lowest BCUT2D eigenvalue weighted by Gasteiger charge is -2.40. The van der Waals surface area contributed by atoms with Gasteiger partial charge in [0.1, 0.15) is 28.9 Å². The van der Waals surface area contributed by atoms with Crippen molar-refractivity contribution < 1.29 is 37.0 Å². The van der Waals surface area contributed by atoms with Crippen molar-refractivity contribution in [3.63, 3.8) is 0 Å². The van der Waals surface area contributed by atoms with Gasteiger partial charge in [0.2, 0.25) is 5.91 Å². The largest absolute Gasteiger partial charge is 0.422 e. The van der Waals surface area contributed by atoms with Gasteiger partial charge in [-0.1, -0.05) is 0 Å². The maximum absolute atomic E-state index is 14.4. The summed E-state index contributed by atoms with van der Waals surface area (Å²) in [5.74, 6) is -3.88. The Balaban J connectivity index is 1.57. The first-order valence-corrected chi connectivity index (χ1v) is 10.9. The van der Waals surface area contributed by atoms with Crippen molar-refractivity contribution in [1.82, 2.24) is 19.4 Å². The molecule has 0 aliphatic carbocycles. The zero-order valence-electron chi connectivity index (χ0n) is 18.4. The molecule has 0 spiro atoms. The van der Waals surface area contributed by atoms with Gasteiger partial charge in [0.15, 0.2) is 23.5 Å². The topological polar surface area (TPSA) is 107 Å². The molecule has 0 bridgehead atoms. The van der Waals surface area contributed by atoms with E-state index in [9.17, 15) is 37.0 Å². The molecule has 3 heterocycles. The van der Waals surface area contributed by atoms with Crippen LogP contribution in [-0.4, -0.2) is 56.0 Å². The lowest BCUT2D eigenvalue weighted by atomic mass is 10.1.